The summed E-state index contributed by atoms with van der Waals surface area (Å²) in [5.74, 6) is -0.0263. The zero-order valence-corrected chi connectivity index (χ0v) is 19.6. The number of carbonyl (C=O) groups is 1. The van der Waals surface area contributed by atoms with Crippen LogP contribution in [0.5, 0.6) is 0 Å². The molecule has 0 unspecified atom stereocenters. The van der Waals surface area contributed by atoms with E-state index < -0.39 is 0 Å². The Bertz CT molecular complexity index is 1350. The molecule has 0 radical (unpaired) electrons. The Labute approximate surface area is 188 Å². The first kappa shape index (κ1) is 21.3. The summed E-state index contributed by atoms with van der Waals surface area (Å²) in [5.41, 5.74) is 4.15. The summed E-state index contributed by atoms with van der Waals surface area (Å²) >= 11 is 2.76. The van der Waals surface area contributed by atoms with Gasteiger partial charge in [0.05, 0.1) is 33.9 Å². The van der Waals surface area contributed by atoms with Crippen molar-refractivity contribution in [2.24, 2.45) is 7.05 Å². The van der Waals surface area contributed by atoms with Gasteiger partial charge in [-0.15, -0.1) is 11.3 Å². The second-order valence-electron chi connectivity index (χ2n) is 7.35. The van der Waals surface area contributed by atoms with E-state index in [1.165, 1.54) is 27.7 Å². The van der Waals surface area contributed by atoms with Gasteiger partial charge in [-0.1, -0.05) is 30.0 Å². The van der Waals surface area contributed by atoms with Gasteiger partial charge in [-0.05, 0) is 45.4 Å². The fourth-order valence-corrected chi connectivity index (χ4v) is 5.28. The van der Waals surface area contributed by atoms with Crippen molar-refractivity contribution in [2.45, 2.75) is 32.9 Å². The van der Waals surface area contributed by atoms with Crippen molar-refractivity contribution in [1.82, 2.24) is 19.3 Å². The maximum absolute atomic E-state index is 12.8. The molecule has 4 rings (SSSR count). The molecule has 1 amide bonds. The molecule has 3 heterocycles. The largest absolute Gasteiger partial charge is 0.322 e. The van der Waals surface area contributed by atoms with Crippen molar-refractivity contribution in [3.8, 4) is 5.69 Å². The molecule has 0 aliphatic rings. The predicted octanol–water partition coefficient (Wildman–Crippen LogP) is 4.15. The van der Waals surface area contributed by atoms with E-state index in [0.717, 1.165) is 32.3 Å². The van der Waals surface area contributed by atoms with Crippen molar-refractivity contribution in [2.75, 3.05) is 11.1 Å². The fraction of sp³-hybridized carbons (Fsp3) is 0.273. The maximum Gasteiger partial charge on any atom is 0.262 e. The Morgan fingerprint density at radius 2 is 1.87 bits per heavy atom. The first-order valence-corrected chi connectivity index (χ1v) is 11.6. The highest BCUT2D eigenvalue weighted by Gasteiger charge is 2.18. The number of carbonyl (C=O) groups excluding carboxylic acids is 1. The third kappa shape index (κ3) is 3.90. The standard InChI is InChI=1S/C22H23N5O2S2/c1-12-15(4)31-20-18(12)21(29)26(5)22(24-20)30-11-17(28)23-19-13(2)25-27(14(19)3)16-9-7-6-8-10-16/h6-10H,11H2,1-5H3,(H,23,28). The fourth-order valence-electron chi connectivity index (χ4n) is 3.43. The molecule has 0 bridgehead atoms. The second kappa shape index (κ2) is 8.32. The number of thiophene rings is 1. The quantitative estimate of drug-likeness (QED) is 0.363. The Balaban J connectivity index is 1.53. The summed E-state index contributed by atoms with van der Waals surface area (Å²) in [6.45, 7) is 7.73. The van der Waals surface area contributed by atoms with E-state index in [2.05, 4.69) is 15.4 Å². The predicted molar refractivity (Wildman–Crippen MR) is 127 cm³/mol. The van der Waals surface area contributed by atoms with Crippen LogP contribution in [0.1, 0.15) is 21.8 Å². The molecule has 0 spiro atoms. The number of fused-ring (bicyclic) bond motifs is 1. The van der Waals surface area contributed by atoms with Gasteiger partial charge in [0, 0.05) is 11.9 Å². The number of hydrogen-bond donors (Lipinski definition) is 1. The molecule has 31 heavy (non-hydrogen) atoms. The number of aromatic nitrogens is 4. The van der Waals surface area contributed by atoms with Crippen molar-refractivity contribution in [3.05, 3.63) is 62.5 Å². The summed E-state index contributed by atoms with van der Waals surface area (Å²) < 4.78 is 3.34. The average Bonchev–Trinajstić information content (AvgIpc) is 3.20. The topological polar surface area (TPSA) is 81.8 Å². The lowest BCUT2D eigenvalue weighted by Crippen LogP contribution is -2.21. The van der Waals surface area contributed by atoms with Crippen LogP contribution in [-0.2, 0) is 11.8 Å². The Morgan fingerprint density at radius 1 is 1.16 bits per heavy atom. The van der Waals surface area contributed by atoms with E-state index in [1.54, 1.807) is 7.05 Å². The van der Waals surface area contributed by atoms with Gasteiger partial charge in [-0.2, -0.15) is 5.10 Å². The molecule has 0 saturated heterocycles. The molecule has 4 aromatic rings. The number of amides is 1. The molecule has 0 aliphatic heterocycles. The number of rotatable bonds is 5. The average molecular weight is 454 g/mol. The lowest BCUT2D eigenvalue weighted by Gasteiger charge is -2.09. The van der Waals surface area contributed by atoms with E-state index in [0.29, 0.717) is 16.2 Å². The summed E-state index contributed by atoms with van der Waals surface area (Å²) in [5, 5.41) is 8.72. The van der Waals surface area contributed by atoms with Crippen LogP contribution in [0.3, 0.4) is 0 Å². The lowest BCUT2D eigenvalue weighted by atomic mass is 10.2. The molecule has 0 saturated carbocycles. The van der Waals surface area contributed by atoms with Crippen LogP contribution in [0.4, 0.5) is 5.69 Å². The van der Waals surface area contributed by atoms with Gasteiger partial charge in [0.1, 0.15) is 4.83 Å². The molecule has 1 N–H and O–H groups in total. The van der Waals surface area contributed by atoms with E-state index >= 15 is 0 Å². The number of nitrogens with one attached hydrogen (secondary N) is 1. The van der Waals surface area contributed by atoms with Crippen molar-refractivity contribution < 1.29 is 4.79 Å². The molecule has 0 atom stereocenters. The monoisotopic (exact) mass is 453 g/mol. The van der Waals surface area contributed by atoms with E-state index in [9.17, 15) is 9.59 Å². The minimum absolute atomic E-state index is 0.0782. The zero-order chi connectivity index (χ0) is 22.3. The highest BCUT2D eigenvalue weighted by atomic mass is 32.2. The molecular formula is C22H23N5O2S2. The number of anilines is 1. The van der Waals surface area contributed by atoms with Crippen molar-refractivity contribution in [3.63, 3.8) is 0 Å². The molecule has 160 valence electrons. The molecule has 9 heteroatoms. The molecule has 3 aromatic heterocycles. The third-order valence-electron chi connectivity index (χ3n) is 5.26. The van der Waals surface area contributed by atoms with Crippen LogP contribution in [0.2, 0.25) is 0 Å². The van der Waals surface area contributed by atoms with E-state index in [1.807, 2.05) is 62.7 Å². The first-order chi connectivity index (χ1) is 14.8. The van der Waals surface area contributed by atoms with Gasteiger partial charge in [-0.3, -0.25) is 14.2 Å². The van der Waals surface area contributed by atoms with Crippen LogP contribution in [-0.4, -0.2) is 31.0 Å². The molecule has 0 fully saturated rings. The SMILES string of the molecule is Cc1nn(-c2ccccc2)c(C)c1NC(=O)CSc1nc2sc(C)c(C)c2c(=O)n1C. The molecular weight excluding hydrogens is 430 g/mol. The third-order valence-corrected chi connectivity index (χ3v) is 7.39. The van der Waals surface area contributed by atoms with Gasteiger partial charge >= 0.3 is 0 Å². The molecule has 0 aliphatic carbocycles. The zero-order valence-electron chi connectivity index (χ0n) is 18.0. The number of nitrogens with zero attached hydrogens (tertiary/aromatic N) is 4. The number of benzene rings is 1. The number of para-hydroxylation sites is 1. The maximum atomic E-state index is 12.8. The number of hydrogen-bond acceptors (Lipinski definition) is 6. The number of thioether (sulfide) groups is 1. The van der Waals surface area contributed by atoms with Crippen molar-refractivity contribution >= 4 is 44.9 Å². The van der Waals surface area contributed by atoms with Crippen LogP contribution in [0, 0.1) is 27.7 Å². The second-order valence-corrected chi connectivity index (χ2v) is 9.50. The van der Waals surface area contributed by atoms with Crippen molar-refractivity contribution in [1.29, 1.82) is 0 Å². The van der Waals surface area contributed by atoms with Gasteiger partial charge in [0.15, 0.2) is 5.16 Å². The van der Waals surface area contributed by atoms with E-state index in [4.69, 9.17) is 0 Å². The highest BCUT2D eigenvalue weighted by Crippen LogP contribution is 2.28. The minimum atomic E-state index is -0.170. The lowest BCUT2D eigenvalue weighted by molar-refractivity contribution is -0.113. The van der Waals surface area contributed by atoms with Gasteiger partial charge in [-0.25, -0.2) is 9.67 Å². The van der Waals surface area contributed by atoms with Crippen LogP contribution in [0.25, 0.3) is 15.9 Å². The molecule has 1 aromatic carbocycles. The van der Waals surface area contributed by atoms with E-state index in [-0.39, 0.29) is 17.2 Å². The normalized spacial score (nSPS) is 11.3. The summed E-state index contributed by atoms with van der Waals surface area (Å²) in [7, 11) is 1.69. The van der Waals surface area contributed by atoms with Gasteiger partial charge in [0.25, 0.3) is 5.56 Å². The Hall–Kier alpha value is -2.91. The van der Waals surface area contributed by atoms with Crippen LogP contribution >= 0.6 is 23.1 Å². The molecule has 7 nitrogen and oxygen atoms in total. The Morgan fingerprint density at radius 3 is 2.58 bits per heavy atom. The summed E-state index contributed by atoms with van der Waals surface area (Å²) in [6.07, 6.45) is 0. The van der Waals surface area contributed by atoms with Crippen LogP contribution < -0.4 is 10.9 Å². The highest BCUT2D eigenvalue weighted by molar-refractivity contribution is 7.99. The summed E-state index contributed by atoms with van der Waals surface area (Å²) in [6, 6.07) is 9.79. The summed E-state index contributed by atoms with van der Waals surface area (Å²) in [4.78, 5) is 31.8. The minimum Gasteiger partial charge on any atom is -0.322 e. The van der Waals surface area contributed by atoms with Gasteiger partial charge < -0.3 is 5.32 Å². The number of aryl methyl sites for hydroxylation is 3. The van der Waals surface area contributed by atoms with Gasteiger partial charge in [0.2, 0.25) is 5.91 Å². The Kier molecular flexibility index (Phi) is 5.72. The first-order valence-electron chi connectivity index (χ1n) is 9.79. The van der Waals surface area contributed by atoms with Crippen LogP contribution in [0.15, 0.2) is 40.3 Å². The smallest absolute Gasteiger partial charge is 0.262 e.